The third-order valence-electron chi connectivity index (χ3n) is 5.38. The fourth-order valence-electron chi connectivity index (χ4n) is 4.02. The second kappa shape index (κ2) is 6.42. The third kappa shape index (κ3) is 2.79. The molecule has 2 fully saturated rings. The molecule has 1 aromatic rings. The summed E-state index contributed by atoms with van der Waals surface area (Å²) in [6.45, 7) is 7.21. The van der Waals surface area contributed by atoms with Gasteiger partial charge in [-0.1, -0.05) is 0 Å². The molecule has 2 saturated heterocycles. The average molecular weight is 306 g/mol. The van der Waals surface area contributed by atoms with Crippen LogP contribution in [-0.4, -0.2) is 55.6 Å². The lowest BCUT2D eigenvalue weighted by atomic mass is 9.71. The van der Waals surface area contributed by atoms with E-state index in [1.807, 2.05) is 17.0 Å². The number of likely N-dealkylation sites (tertiary alicyclic amines) is 2. The summed E-state index contributed by atoms with van der Waals surface area (Å²) in [5.41, 5.74) is 0.1000. The molecular weight excluding hydrogens is 280 g/mol. The summed E-state index contributed by atoms with van der Waals surface area (Å²) in [6.07, 6.45) is 3.85. The van der Waals surface area contributed by atoms with Crippen LogP contribution in [0.25, 0.3) is 0 Å². The van der Waals surface area contributed by atoms with Crippen LogP contribution in [0.5, 0.6) is 0 Å². The highest BCUT2D eigenvalue weighted by Crippen LogP contribution is 2.45. The molecule has 5 heteroatoms. The van der Waals surface area contributed by atoms with Gasteiger partial charge in [-0.25, -0.2) is 0 Å². The SMILES string of the molecule is CCN1CC2(CCN(Cc3ccco3)CC2)C(COC)C1=O. The Hall–Kier alpha value is -1.33. The first kappa shape index (κ1) is 15.6. The Kier molecular flexibility index (Phi) is 4.54. The number of piperidine rings is 1. The lowest BCUT2D eigenvalue weighted by Crippen LogP contribution is -2.45. The van der Waals surface area contributed by atoms with Crippen LogP contribution in [0.4, 0.5) is 0 Å². The van der Waals surface area contributed by atoms with E-state index in [-0.39, 0.29) is 17.2 Å². The van der Waals surface area contributed by atoms with Crippen molar-refractivity contribution in [3.8, 4) is 0 Å². The molecule has 22 heavy (non-hydrogen) atoms. The smallest absolute Gasteiger partial charge is 0.228 e. The molecule has 1 unspecified atom stereocenters. The minimum absolute atomic E-state index is 0.0308. The predicted octanol–water partition coefficient (Wildman–Crippen LogP) is 1.99. The van der Waals surface area contributed by atoms with Crippen molar-refractivity contribution in [1.82, 2.24) is 9.80 Å². The van der Waals surface area contributed by atoms with E-state index in [9.17, 15) is 4.79 Å². The van der Waals surface area contributed by atoms with Crippen LogP contribution in [0.15, 0.2) is 22.8 Å². The van der Waals surface area contributed by atoms with E-state index >= 15 is 0 Å². The monoisotopic (exact) mass is 306 g/mol. The number of carbonyl (C=O) groups excluding carboxylic acids is 1. The molecule has 0 saturated carbocycles. The van der Waals surface area contributed by atoms with Crippen molar-refractivity contribution in [2.24, 2.45) is 11.3 Å². The minimum Gasteiger partial charge on any atom is -0.468 e. The Morgan fingerprint density at radius 1 is 1.41 bits per heavy atom. The van der Waals surface area contributed by atoms with E-state index in [1.165, 1.54) is 0 Å². The fourth-order valence-corrected chi connectivity index (χ4v) is 4.02. The van der Waals surface area contributed by atoms with Gasteiger partial charge in [0.2, 0.25) is 5.91 Å². The maximum Gasteiger partial charge on any atom is 0.228 e. The van der Waals surface area contributed by atoms with Gasteiger partial charge in [-0.15, -0.1) is 0 Å². The number of ether oxygens (including phenoxy) is 1. The maximum absolute atomic E-state index is 12.6. The highest BCUT2D eigenvalue weighted by Gasteiger charge is 2.52. The normalized spacial score (nSPS) is 25.3. The molecule has 122 valence electrons. The lowest BCUT2D eigenvalue weighted by Gasteiger charge is -2.41. The van der Waals surface area contributed by atoms with Gasteiger partial charge in [0.25, 0.3) is 0 Å². The van der Waals surface area contributed by atoms with Crippen LogP contribution < -0.4 is 0 Å². The molecule has 0 radical (unpaired) electrons. The molecule has 1 aromatic heterocycles. The van der Waals surface area contributed by atoms with Gasteiger partial charge < -0.3 is 14.1 Å². The van der Waals surface area contributed by atoms with Crippen LogP contribution >= 0.6 is 0 Å². The summed E-state index contributed by atoms with van der Waals surface area (Å²) in [5, 5.41) is 0. The van der Waals surface area contributed by atoms with Crippen molar-refractivity contribution in [2.75, 3.05) is 39.9 Å². The lowest BCUT2D eigenvalue weighted by molar-refractivity contribution is -0.133. The third-order valence-corrected chi connectivity index (χ3v) is 5.38. The van der Waals surface area contributed by atoms with Gasteiger partial charge in [0.15, 0.2) is 0 Å². The zero-order valence-electron chi connectivity index (χ0n) is 13.6. The van der Waals surface area contributed by atoms with E-state index < -0.39 is 0 Å². The van der Waals surface area contributed by atoms with Gasteiger partial charge in [0.05, 0.1) is 25.3 Å². The molecule has 1 atom stereocenters. The summed E-state index contributed by atoms with van der Waals surface area (Å²) in [4.78, 5) is 17.0. The van der Waals surface area contributed by atoms with Crippen molar-refractivity contribution in [2.45, 2.75) is 26.3 Å². The summed E-state index contributed by atoms with van der Waals surface area (Å²) in [6, 6.07) is 3.96. The fraction of sp³-hybridized carbons (Fsp3) is 0.706. The maximum atomic E-state index is 12.6. The molecule has 1 spiro atoms. The standard InChI is InChI=1S/C17H26N2O3/c1-3-19-13-17(15(12-21-2)16(19)20)6-8-18(9-7-17)11-14-5-4-10-22-14/h4-5,10,15H,3,6-9,11-13H2,1-2H3. The molecule has 2 aliphatic rings. The number of nitrogens with zero attached hydrogens (tertiary/aromatic N) is 2. The van der Waals surface area contributed by atoms with Gasteiger partial charge >= 0.3 is 0 Å². The number of rotatable bonds is 5. The summed E-state index contributed by atoms with van der Waals surface area (Å²) >= 11 is 0. The molecule has 2 aliphatic heterocycles. The van der Waals surface area contributed by atoms with E-state index in [0.717, 1.165) is 51.3 Å². The van der Waals surface area contributed by atoms with Gasteiger partial charge in [-0.05, 0) is 45.0 Å². The van der Waals surface area contributed by atoms with Gasteiger partial charge in [-0.2, -0.15) is 0 Å². The molecular formula is C17H26N2O3. The molecule has 3 heterocycles. The number of furan rings is 1. The van der Waals surface area contributed by atoms with Gasteiger partial charge in [0.1, 0.15) is 5.76 Å². The molecule has 0 aromatic carbocycles. The predicted molar refractivity (Wildman–Crippen MR) is 83.3 cm³/mol. The van der Waals surface area contributed by atoms with Crippen molar-refractivity contribution in [3.63, 3.8) is 0 Å². The van der Waals surface area contributed by atoms with E-state index in [1.54, 1.807) is 13.4 Å². The molecule has 0 N–H and O–H groups in total. The largest absolute Gasteiger partial charge is 0.468 e. The van der Waals surface area contributed by atoms with Crippen LogP contribution in [0, 0.1) is 11.3 Å². The van der Waals surface area contributed by atoms with Crippen molar-refractivity contribution >= 4 is 5.91 Å². The first-order valence-corrected chi connectivity index (χ1v) is 8.21. The highest BCUT2D eigenvalue weighted by atomic mass is 16.5. The molecule has 5 nitrogen and oxygen atoms in total. The first-order valence-electron chi connectivity index (χ1n) is 8.21. The van der Waals surface area contributed by atoms with Gasteiger partial charge in [-0.3, -0.25) is 9.69 Å². The molecule has 0 aliphatic carbocycles. The summed E-state index contributed by atoms with van der Waals surface area (Å²) < 4.78 is 10.8. The topological polar surface area (TPSA) is 45.9 Å². The summed E-state index contributed by atoms with van der Waals surface area (Å²) in [7, 11) is 1.70. The number of hydrogen-bond donors (Lipinski definition) is 0. The molecule has 3 rings (SSSR count). The number of hydrogen-bond acceptors (Lipinski definition) is 4. The zero-order valence-corrected chi connectivity index (χ0v) is 13.6. The Balaban J connectivity index is 1.65. The quantitative estimate of drug-likeness (QED) is 0.834. The Morgan fingerprint density at radius 2 is 2.18 bits per heavy atom. The minimum atomic E-state index is 0.0308. The summed E-state index contributed by atoms with van der Waals surface area (Å²) in [5.74, 6) is 1.33. The van der Waals surface area contributed by atoms with E-state index in [0.29, 0.717) is 6.61 Å². The first-order chi connectivity index (χ1) is 10.7. The van der Waals surface area contributed by atoms with Crippen LogP contribution in [0.1, 0.15) is 25.5 Å². The Labute approximate surface area is 132 Å². The van der Waals surface area contributed by atoms with E-state index in [4.69, 9.17) is 9.15 Å². The molecule has 1 amide bonds. The average Bonchev–Trinajstić information content (AvgIpc) is 3.12. The highest BCUT2D eigenvalue weighted by molar-refractivity contribution is 5.82. The second-order valence-corrected chi connectivity index (χ2v) is 6.58. The zero-order chi connectivity index (χ0) is 15.6. The Morgan fingerprint density at radius 3 is 2.77 bits per heavy atom. The van der Waals surface area contributed by atoms with Crippen LogP contribution in [-0.2, 0) is 16.1 Å². The van der Waals surface area contributed by atoms with Crippen molar-refractivity contribution in [3.05, 3.63) is 24.2 Å². The van der Waals surface area contributed by atoms with Crippen molar-refractivity contribution in [1.29, 1.82) is 0 Å². The van der Waals surface area contributed by atoms with Crippen LogP contribution in [0.3, 0.4) is 0 Å². The van der Waals surface area contributed by atoms with E-state index in [2.05, 4.69) is 11.8 Å². The number of amides is 1. The second-order valence-electron chi connectivity index (χ2n) is 6.58. The van der Waals surface area contributed by atoms with Gasteiger partial charge in [0, 0.05) is 25.6 Å². The Bertz CT molecular complexity index is 492. The van der Waals surface area contributed by atoms with Crippen LogP contribution in [0.2, 0.25) is 0 Å². The van der Waals surface area contributed by atoms with Crippen molar-refractivity contribution < 1.29 is 13.9 Å². The molecule has 0 bridgehead atoms. The number of methoxy groups -OCH3 is 1. The number of carbonyl (C=O) groups is 1.